The van der Waals surface area contributed by atoms with Crippen LogP contribution in [0, 0.1) is 5.82 Å². The van der Waals surface area contributed by atoms with Crippen LogP contribution in [0.1, 0.15) is 17.3 Å². The van der Waals surface area contributed by atoms with Crippen LogP contribution in [0.15, 0.2) is 30.5 Å². The Bertz CT molecular complexity index is 643. The molecule has 0 atom stereocenters. The van der Waals surface area contributed by atoms with E-state index in [2.05, 4.69) is 4.98 Å². The first-order valence-electron chi connectivity index (χ1n) is 5.52. The molecule has 1 heterocycles. The molecule has 2 rings (SSSR count). The molecule has 0 N–H and O–H groups in total. The number of ketones is 1. The Morgan fingerprint density at radius 3 is 2.68 bits per heavy atom. The molecule has 1 aromatic carbocycles. The molecule has 0 saturated heterocycles. The van der Waals surface area contributed by atoms with Crippen LogP contribution in [-0.4, -0.2) is 17.9 Å². The molecule has 0 spiro atoms. The first-order chi connectivity index (χ1) is 9.01. The van der Waals surface area contributed by atoms with Crippen molar-refractivity contribution < 1.29 is 13.9 Å². The Balaban J connectivity index is 2.61. The normalized spacial score (nSPS) is 10.3. The zero-order chi connectivity index (χ0) is 14.0. The van der Waals surface area contributed by atoms with Crippen molar-refractivity contribution in [1.82, 2.24) is 4.98 Å². The minimum Gasteiger partial charge on any atom is -0.481 e. The molecule has 1 aromatic heterocycles. The third-order valence-electron chi connectivity index (χ3n) is 2.65. The lowest BCUT2D eigenvalue weighted by atomic mass is 10.0. The summed E-state index contributed by atoms with van der Waals surface area (Å²) in [7, 11) is 1.45. The Hall–Kier alpha value is -1.94. The highest BCUT2D eigenvalue weighted by Gasteiger charge is 2.11. The number of rotatable bonds is 3. The summed E-state index contributed by atoms with van der Waals surface area (Å²) in [5, 5.41) is 0.373. The number of halogens is 2. The van der Waals surface area contributed by atoms with Crippen molar-refractivity contribution in [2.75, 3.05) is 7.11 Å². The molecule has 5 heteroatoms. The average molecular weight is 280 g/mol. The SMILES string of the molecule is COc1cc(-c2cc(Cl)cc(C(C)=O)c2)c(F)cn1. The molecule has 0 amide bonds. The minimum absolute atomic E-state index is 0.134. The quantitative estimate of drug-likeness (QED) is 0.803. The molecular weight excluding hydrogens is 269 g/mol. The first kappa shape index (κ1) is 13.5. The van der Waals surface area contributed by atoms with Gasteiger partial charge in [0.15, 0.2) is 5.78 Å². The summed E-state index contributed by atoms with van der Waals surface area (Å²) in [6.07, 6.45) is 1.07. The Kier molecular flexibility index (Phi) is 3.81. The molecule has 98 valence electrons. The molecule has 19 heavy (non-hydrogen) atoms. The molecule has 0 bridgehead atoms. The number of aromatic nitrogens is 1. The smallest absolute Gasteiger partial charge is 0.213 e. The van der Waals surface area contributed by atoms with E-state index in [9.17, 15) is 9.18 Å². The number of carbonyl (C=O) groups is 1. The maximum absolute atomic E-state index is 13.8. The largest absolute Gasteiger partial charge is 0.481 e. The zero-order valence-electron chi connectivity index (χ0n) is 10.4. The number of ether oxygens (including phenoxy) is 1. The maximum atomic E-state index is 13.8. The van der Waals surface area contributed by atoms with Gasteiger partial charge in [-0.15, -0.1) is 0 Å². The van der Waals surface area contributed by atoms with Gasteiger partial charge in [0.2, 0.25) is 5.88 Å². The van der Waals surface area contributed by atoms with Gasteiger partial charge in [-0.05, 0) is 30.7 Å². The van der Waals surface area contributed by atoms with Crippen LogP contribution < -0.4 is 4.74 Å². The number of Topliss-reactive ketones (excluding diaryl/α,β-unsaturated/α-hetero) is 1. The highest BCUT2D eigenvalue weighted by atomic mass is 35.5. The van der Waals surface area contributed by atoms with Gasteiger partial charge in [-0.1, -0.05) is 11.6 Å². The summed E-state index contributed by atoms with van der Waals surface area (Å²) in [6.45, 7) is 1.43. The van der Waals surface area contributed by atoms with Crippen molar-refractivity contribution in [2.24, 2.45) is 0 Å². The number of hydrogen-bond acceptors (Lipinski definition) is 3. The van der Waals surface area contributed by atoms with Crippen molar-refractivity contribution in [1.29, 1.82) is 0 Å². The fraction of sp³-hybridized carbons (Fsp3) is 0.143. The molecule has 0 radical (unpaired) electrons. The van der Waals surface area contributed by atoms with Gasteiger partial charge in [0, 0.05) is 22.2 Å². The van der Waals surface area contributed by atoms with Crippen LogP contribution in [0.5, 0.6) is 5.88 Å². The zero-order valence-corrected chi connectivity index (χ0v) is 11.2. The van der Waals surface area contributed by atoms with Gasteiger partial charge in [0.1, 0.15) is 5.82 Å². The number of hydrogen-bond donors (Lipinski definition) is 0. The fourth-order valence-corrected chi connectivity index (χ4v) is 1.94. The lowest BCUT2D eigenvalue weighted by Crippen LogP contribution is -1.95. The number of pyridine rings is 1. The summed E-state index contributed by atoms with van der Waals surface area (Å²) >= 11 is 5.95. The molecule has 0 aliphatic rings. The van der Waals surface area contributed by atoms with Gasteiger partial charge in [0.25, 0.3) is 0 Å². The molecule has 3 nitrogen and oxygen atoms in total. The van der Waals surface area contributed by atoms with E-state index in [1.54, 1.807) is 18.2 Å². The van der Waals surface area contributed by atoms with Crippen LogP contribution in [0.3, 0.4) is 0 Å². The van der Waals surface area contributed by atoms with E-state index in [4.69, 9.17) is 16.3 Å². The molecule has 0 aliphatic carbocycles. The van der Waals surface area contributed by atoms with Crippen LogP contribution in [0.25, 0.3) is 11.1 Å². The Morgan fingerprint density at radius 1 is 1.32 bits per heavy atom. The van der Waals surface area contributed by atoms with E-state index in [-0.39, 0.29) is 11.3 Å². The molecular formula is C14H11ClFNO2. The third kappa shape index (κ3) is 2.90. The summed E-state index contributed by atoms with van der Waals surface area (Å²) in [5.41, 5.74) is 1.23. The second-order valence-electron chi connectivity index (χ2n) is 3.99. The van der Waals surface area contributed by atoms with Crippen LogP contribution in [0.2, 0.25) is 5.02 Å². The summed E-state index contributed by atoms with van der Waals surface area (Å²) in [6, 6.07) is 6.19. The second kappa shape index (κ2) is 5.36. The first-order valence-corrected chi connectivity index (χ1v) is 5.90. The van der Waals surface area contributed by atoms with E-state index in [1.807, 2.05) is 0 Å². The fourth-order valence-electron chi connectivity index (χ4n) is 1.70. The van der Waals surface area contributed by atoms with Gasteiger partial charge in [0.05, 0.1) is 13.3 Å². The molecule has 0 aliphatic heterocycles. The molecule has 0 saturated carbocycles. The average Bonchev–Trinajstić information content (AvgIpc) is 2.38. The van der Waals surface area contributed by atoms with Gasteiger partial charge in [-0.3, -0.25) is 4.79 Å². The predicted octanol–water partition coefficient (Wildman–Crippen LogP) is 3.75. The molecule has 0 fully saturated rings. The number of carbonyl (C=O) groups excluding carboxylic acids is 1. The topological polar surface area (TPSA) is 39.2 Å². The van der Waals surface area contributed by atoms with E-state index in [1.165, 1.54) is 20.1 Å². The standard InChI is InChI=1S/C14H11ClFNO2/c1-8(18)9-3-10(5-11(15)4-9)12-6-14(19-2)17-7-13(12)16/h3-7H,1-2H3. The number of methoxy groups -OCH3 is 1. The van der Waals surface area contributed by atoms with Gasteiger partial charge >= 0.3 is 0 Å². The van der Waals surface area contributed by atoms with Crippen molar-refractivity contribution in [3.05, 3.63) is 46.9 Å². The lowest BCUT2D eigenvalue weighted by molar-refractivity contribution is 0.101. The monoisotopic (exact) mass is 279 g/mol. The van der Waals surface area contributed by atoms with Crippen LogP contribution >= 0.6 is 11.6 Å². The minimum atomic E-state index is -0.502. The highest BCUT2D eigenvalue weighted by molar-refractivity contribution is 6.31. The van der Waals surface area contributed by atoms with Gasteiger partial charge in [-0.2, -0.15) is 0 Å². The van der Waals surface area contributed by atoms with Crippen LogP contribution in [-0.2, 0) is 0 Å². The third-order valence-corrected chi connectivity index (χ3v) is 2.87. The summed E-state index contributed by atoms with van der Waals surface area (Å²) in [4.78, 5) is 15.2. The van der Waals surface area contributed by atoms with Crippen LogP contribution in [0.4, 0.5) is 4.39 Å². The van der Waals surface area contributed by atoms with E-state index < -0.39 is 5.82 Å². The van der Waals surface area contributed by atoms with Gasteiger partial charge in [-0.25, -0.2) is 9.37 Å². The van der Waals surface area contributed by atoms with E-state index in [0.29, 0.717) is 22.0 Å². The lowest BCUT2D eigenvalue weighted by Gasteiger charge is -2.08. The van der Waals surface area contributed by atoms with E-state index >= 15 is 0 Å². The summed E-state index contributed by atoms with van der Waals surface area (Å²) < 4.78 is 18.8. The second-order valence-corrected chi connectivity index (χ2v) is 4.43. The maximum Gasteiger partial charge on any atom is 0.213 e. The van der Waals surface area contributed by atoms with Gasteiger partial charge < -0.3 is 4.74 Å². The predicted molar refractivity (Wildman–Crippen MR) is 71.2 cm³/mol. The highest BCUT2D eigenvalue weighted by Crippen LogP contribution is 2.29. The molecule has 0 unspecified atom stereocenters. The van der Waals surface area contributed by atoms with Crippen molar-refractivity contribution in [3.63, 3.8) is 0 Å². The van der Waals surface area contributed by atoms with Crippen molar-refractivity contribution >= 4 is 17.4 Å². The number of benzene rings is 1. The van der Waals surface area contributed by atoms with E-state index in [0.717, 1.165) is 6.20 Å². The molecule has 2 aromatic rings. The Labute approximate surface area is 115 Å². The Morgan fingerprint density at radius 2 is 2.05 bits per heavy atom. The number of nitrogens with zero attached hydrogens (tertiary/aromatic N) is 1. The van der Waals surface area contributed by atoms with Crippen molar-refractivity contribution in [3.8, 4) is 17.0 Å². The van der Waals surface area contributed by atoms with Crippen molar-refractivity contribution in [2.45, 2.75) is 6.92 Å². The summed E-state index contributed by atoms with van der Waals surface area (Å²) in [5.74, 6) is -0.344.